The van der Waals surface area contributed by atoms with Crippen LogP contribution in [0, 0.1) is 18.2 Å². The van der Waals surface area contributed by atoms with Crippen LogP contribution in [0.5, 0.6) is 0 Å². The number of carbonyl (C=O) groups is 1. The Bertz CT molecular complexity index is 376. The van der Waals surface area contributed by atoms with Crippen LogP contribution in [0.1, 0.15) is 24.8 Å². The normalized spacial score (nSPS) is 9.60. The van der Waals surface area contributed by atoms with Gasteiger partial charge in [-0.2, -0.15) is 0 Å². The van der Waals surface area contributed by atoms with E-state index in [2.05, 4.69) is 5.92 Å². The van der Waals surface area contributed by atoms with Crippen molar-refractivity contribution in [2.75, 3.05) is 0 Å². The predicted molar refractivity (Wildman–Crippen MR) is 57.8 cm³/mol. The Morgan fingerprint density at radius 1 is 1.47 bits per heavy atom. The van der Waals surface area contributed by atoms with E-state index in [0.29, 0.717) is 25.7 Å². The molecule has 0 heterocycles. The van der Waals surface area contributed by atoms with Crippen molar-refractivity contribution in [3.63, 3.8) is 0 Å². The van der Waals surface area contributed by atoms with E-state index in [1.54, 1.807) is 12.1 Å². The highest BCUT2D eigenvalue weighted by molar-refractivity contribution is 5.80. The molecule has 0 unspecified atom stereocenters. The molecule has 0 fully saturated rings. The fourth-order valence-electron chi connectivity index (χ4n) is 1.35. The highest BCUT2D eigenvalue weighted by atomic mass is 19.1. The van der Waals surface area contributed by atoms with E-state index in [-0.39, 0.29) is 11.6 Å². The number of carbonyl (C=O) groups excluding carboxylic acids is 1. The SMILES string of the molecule is C#CCCCC(=O)Cc1cccc(F)c1. The summed E-state index contributed by atoms with van der Waals surface area (Å²) in [6, 6.07) is 6.12. The zero-order valence-electron chi connectivity index (χ0n) is 8.50. The van der Waals surface area contributed by atoms with Gasteiger partial charge in [0.1, 0.15) is 11.6 Å². The molecule has 2 heteroatoms. The third-order valence-electron chi connectivity index (χ3n) is 2.07. The van der Waals surface area contributed by atoms with Crippen LogP contribution in [0.2, 0.25) is 0 Å². The van der Waals surface area contributed by atoms with Gasteiger partial charge in [0.2, 0.25) is 0 Å². The lowest BCUT2D eigenvalue weighted by Crippen LogP contribution is -2.02. The Morgan fingerprint density at radius 2 is 2.27 bits per heavy atom. The van der Waals surface area contributed by atoms with Gasteiger partial charge in [0.15, 0.2) is 0 Å². The second-order valence-electron chi connectivity index (χ2n) is 3.40. The summed E-state index contributed by atoms with van der Waals surface area (Å²) < 4.78 is 12.8. The van der Waals surface area contributed by atoms with Crippen molar-refractivity contribution in [3.8, 4) is 12.3 Å². The number of rotatable bonds is 5. The Kier molecular flexibility index (Phi) is 4.56. The minimum Gasteiger partial charge on any atom is -0.299 e. The first kappa shape index (κ1) is 11.5. The standard InChI is InChI=1S/C13H13FO/c1-2-3-4-8-13(15)10-11-6-5-7-12(14)9-11/h1,5-7,9H,3-4,8,10H2. The van der Waals surface area contributed by atoms with Gasteiger partial charge in [-0.05, 0) is 24.1 Å². The molecular formula is C13H13FO. The second kappa shape index (κ2) is 5.98. The first-order valence-corrected chi connectivity index (χ1v) is 4.92. The highest BCUT2D eigenvalue weighted by Gasteiger charge is 2.03. The van der Waals surface area contributed by atoms with Crippen molar-refractivity contribution in [3.05, 3.63) is 35.6 Å². The number of Topliss-reactive ketones (excluding diaryl/α,β-unsaturated/α-hetero) is 1. The number of ketones is 1. The van der Waals surface area contributed by atoms with E-state index in [0.717, 1.165) is 5.56 Å². The zero-order chi connectivity index (χ0) is 11.1. The fraction of sp³-hybridized carbons (Fsp3) is 0.308. The zero-order valence-corrected chi connectivity index (χ0v) is 8.50. The monoisotopic (exact) mass is 204 g/mol. The van der Waals surface area contributed by atoms with Crippen molar-refractivity contribution < 1.29 is 9.18 Å². The molecule has 0 saturated carbocycles. The van der Waals surface area contributed by atoms with E-state index in [1.165, 1.54) is 12.1 Å². The lowest BCUT2D eigenvalue weighted by atomic mass is 10.1. The Hall–Kier alpha value is -1.62. The summed E-state index contributed by atoms with van der Waals surface area (Å²) in [5.74, 6) is 2.29. The molecule has 15 heavy (non-hydrogen) atoms. The molecule has 1 rings (SSSR count). The molecule has 0 spiro atoms. The van der Waals surface area contributed by atoms with Crippen molar-refractivity contribution in [1.29, 1.82) is 0 Å². The molecule has 0 aliphatic heterocycles. The first-order valence-electron chi connectivity index (χ1n) is 4.92. The molecule has 1 aromatic carbocycles. The minimum atomic E-state index is -0.302. The number of unbranched alkanes of at least 4 members (excludes halogenated alkanes) is 1. The third-order valence-corrected chi connectivity index (χ3v) is 2.07. The fourth-order valence-corrected chi connectivity index (χ4v) is 1.35. The van der Waals surface area contributed by atoms with E-state index >= 15 is 0 Å². The molecule has 0 saturated heterocycles. The van der Waals surface area contributed by atoms with Crippen LogP contribution < -0.4 is 0 Å². The smallest absolute Gasteiger partial charge is 0.137 e. The lowest BCUT2D eigenvalue weighted by Gasteiger charge is -2.00. The maximum Gasteiger partial charge on any atom is 0.137 e. The molecule has 0 amide bonds. The van der Waals surface area contributed by atoms with Gasteiger partial charge in [0.25, 0.3) is 0 Å². The summed E-state index contributed by atoms with van der Waals surface area (Å²) in [6.07, 6.45) is 7.18. The number of terminal acetylenes is 1. The summed E-state index contributed by atoms with van der Waals surface area (Å²) in [6.45, 7) is 0. The van der Waals surface area contributed by atoms with E-state index < -0.39 is 0 Å². The topological polar surface area (TPSA) is 17.1 Å². The van der Waals surface area contributed by atoms with Gasteiger partial charge in [0.05, 0.1) is 0 Å². The van der Waals surface area contributed by atoms with E-state index in [9.17, 15) is 9.18 Å². The molecule has 1 aromatic rings. The van der Waals surface area contributed by atoms with Crippen LogP contribution in [-0.4, -0.2) is 5.78 Å². The van der Waals surface area contributed by atoms with Gasteiger partial charge in [0, 0.05) is 19.3 Å². The van der Waals surface area contributed by atoms with Gasteiger partial charge in [-0.15, -0.1) is 12.3 Å². The first-order chi connectivity index (χ1) is 7.22. The maximum absolute atomic E-state index is 12.8. The Labute approximate surface area is 89.3 Å². The average molecular weight is 204 g/mol. The number of halogens is 1. The van der Waals surface area contributed by atoms with Gasteiger partial charge in [-0.3, -0.25) is 4.79 Å². The molecule has 0 aromatic heterocycles. The van der Waals surface area contributed by atoms with Crippen LogP contribution in [0.15, 0.2) is 24.3 Å². The van der Waals surface area contributed by atoms with Crippen LogP contribution in [0.25, 0.3) is 0 Å². The Balaban J connectivity index is 2.42. The molecule has 1 nitrogen and oxygen atoms in total. The number of hydrogen-bond donors (Lipinski definition) is 0. The minimum absolute atomic E-state index is 0.107. The van der Waals surface area contributed by atoms with Gasteiger partial charge < -0.3 is 0 Å². The predicted octanol–water partition coefficient (Wildman–Crippen LogP) is 2.74. The Morgan fingerprint density at radius 3 is 2.93 bits per heavy atom. The van der Waals surface area contributed by atoms with Gasteiger partial charge in [-0.25, -0.2) is 4.39 Å². The molecule has 0 atom stereocenters. The quantitative estimate of drug-likeness (QED) is 0.532. The number of hydrogen-bond acceptors (Lipinski definition) is 1. The summed E-state index contributed by atoms with van der Waals surface area (Å²) >= 11 is 0. The molecule has 0 N–H and O–H groups in total. The molecule has 78 valence electrons. The van der Waals surface area contributed by atoms with Gasteiger partial charge in [-0.1, -0.05) is 12.1 Å². The summed E-state index contributed by atoms with van der Waals surface area (Å²) in [7, 11) is 0. The van der Waals surface area contributed by atoms with Crippen molar-refractivity contribution >= 4 is 5.78 Å². The van der Waals surface area contributed by atoms with E-state index in [4.69, 9.17) is 6.42 Å². The largest absolute Gasteiger partial charge is 0.299 e. The summed E-state index contributed by atoms with van der Waals surface area (Å²) in [4.78, 5) is 11.4. The average Bonchev–Trinajstić information content (AvgIpc) is 2.18. The molecule has 0 aliphatic rings. The summed E-state index contributed by atoms with van der Waals surface area (Å²) in [5, 5.41) is 0. The van der Waals surface area contributed by atoms with Crippen LogP contribution in [-0.2, 0) is 11.2 Å². The second-order valence-corrected chi connectivity index (χ2v) is 3.40. The van der Waals surface area contributed by atoms with Crippen molar-refractivity contribution in [2.24, 2.45) is 0 Å². The molecule has 0 radical (unpaired) electrons. The number of benzene rings is 1. The maximum atomic E-state index is 12.8. The van der Waals surface area contributed by atoms with Crippen molar-refractivity contribution in [1.82, 2.24) is 0 Å². The molecule has 0 bridgehead atoms. The summed E-state index contributed by atoms with van der Waals surface area (Å²) in [5.41, 5.74) is 0.723. The third kappa shape index (κ3) is 4.42. The van der Waals surface area contributed by atoms with E-state index in [1.807, 2.05) is 0 Å². The highest BCUT2D eigenvalue weighted by Crippen LogP contribution is 2.07. The van der Waals surface area contributed by atoms with Crippen LogP contribution in [0.3, 0.4) is 0 Å². The van der Waals surface area contributed by atoms with Gasteiger partial charge >= 0.3 is 0 Å². The molecular weight excluding hydrogens is 191 g/mol. The lowest BCUT2D eigenvalue weighted by molar-refractivity contribution is -0.118. The molecule has 0 aliphatic carbocycles. The van der Waals surface area contributed by atoms with Crippen molar-refractivity contribution in [2.45, 2.75) is 25.7 Å². The van der Waals surface area contributed by atoms with Crippen LogP contribution >= 0.6 is 0 Å². The van der Waals surface area contributed by atoms with Crippen LogP contribution in [0.4, 0.5) is 4.39 Å².